The number of ether oxygens (including phenoxy) is 2. The molecule has 0 aromatic carbocycles. The Labute approximate surface area is 107 Å². The molecule has 0 rings (SSSR count). The van der Waals surface area contributed by atoms with Crippen molar-refractivity contribution in [2.75, 3.05) is 0 Å². The summed E-state index contributed by atoms with van der Waals surface area (Å²) in [5.74, 6) is -0.833. The quantitative estimate of drug-likeness (QED) is 0.617. The zero-order valence-electron chi connectivity index (χ0n) is 10.3. The van der Waals surface area contributed by atoms with Gasteiger partial charge in [-0.2, -0.15) is 0 Å². The second-order valence-corrected chi connectivity index (χ2v) is 3.34. The van der Waals surface area contributed by atoms with Crippen LogP contribution in [0.3, 0.4) is 0 Å². The van der Waals surface area contributed by atoms with E-state index in [1.165, 1.54) is 0 Å². The summed E-state index contributed by atoms with van der Waals surface area (Å²) in [6.45, 7) is 10.8. The van der Waals surface area contributed by atoms with Crippen molar-refractivity contribution in [1.29, 1.82) is 0 Å². The van der Waals surface area contributed by atoms with E-state index in [4.69, 9.17) is 19.4 Å². The van der Waals surface area contributed by atoms with Crippen LogP contribution in [0.2, 0.25) is 0 Å². The van der Waals surface area contributed by atoms with E-state index < -0.39 is 5.97 Å². The molecule has 0 saturated heterocycles. The first-order valence-corrected chi connectivity index (χ1v) is 4.62. The Morgan fingerprint density at radius 2 is 1.33 bits per heavy atom. The number of hydrogen-bond acceptors (Lipinski definition) is 3. The van der Waals surface area contributed by atoms with Gasteiger partial charge in [0.1, 0.15) is 0 Å². The Morgan fingerprint density at radius 1 is 1.13 bits per heavy atom. The fourth-order valence-electron chi connectivity index (χ4n) is 0.692. The standard InChI is InChI=1S/C8H17O2.C2H4O2.Ti/c1-6(2)9-8(5)10-7(3)4;1-2(3)4;/h6-7H,1-5H3;1H3,(H,3,4);/q-1;;. The van der Waals surface area contributed by atoms with Crippen LogP contribution < -0.4 is 0 Å². The summed E-state index contributed by atoms with van der Waals surface area (Å²) in [5.41, 5.74) is 0. The van der Waals surface area contributed by atoms with Crippen LogP contribution in [0.4, 0.5) is 0 Å². The summed E-state index contributed by atoms with van der Waals surface area (Å²) in [7, 11) is 0. The molecule has 0 aliphatic rings. The molecule has 5 heteroatoms. The molecule has 0 spiro atoms. The van der Waals surface area contributed by atoms with Crippen LogP contribution >= 0.6 is 0 Å². The first-order chi connectivity index (χ1) is 6.25. The third-order valence-electron chi connectivity index (χ3n) is 0.803. The SMILES string of the molecule is CC(=O)O.C[C-](OC(C)C)OC(C)C.[Ti]. The van der Waals surface area contributed by atoms with E-state index in [2.05, 4.69) is 0 Å². The van der Waals surface area contributed by atoms with Gasteiger partial charge >= 0.3 is 0 Å². The predicted octanol–water partition coefficient (Wildman–Crippen LogP) is 2.43. The number of hydrogen-bond donors (Lipinski definition) is 1. The number of carboxylic acid groups (broad SMARTS) is 1. The van der Waals surface area contributed by atoms with Gasteiger partial charge in [0.25, 0.3) is 5.97 Å². The molecule has 0 heterocycles. The molecule has 0 amide bonds. The molecule has 0 fully saturated rings. The molecule has 4 nitrogen and oxygen atoms in total. The molecule has 1 N–H and O–H groups in total. The summed E-state index contributed by atoms with van der Waals surface area (Å²) in [4.78, 5) is 9.00. The fourth-order valence-corrected chi connectivity index (χ4v) is 0.692. The first kappa shape index (κ1) is 20.5. The normalized spacial score (nSPS) is 9.67. The van der Waals surface area contributed by atoms with Crippen molar-refractivity contribution < 1.29 is 41.1 Å². The Balaban J connectivity index is -0.000000249. The van der Waals surface area contributed by atoms with Gasteiger partial charge in [0.2, 0.25) is 0 Å². The monoisotopic (exact) mass is 253 g/mol. The van der Waals surface area contributed by atoms with E-state index in [1.807, 2.05) is 34.6 Å². The van der Waals surface area contributed by atoms with Crippen LogP contribution in [-0.2, 0) is 36.0 Å². The Hall–Kier alpha value is 0.104. The molecule has 0 radical (unpaired) electrons. The summed E-state index contributed by atoms with van der Waals surface area (Å²) in [5, 5.41) is 7.42. The van der Waals surface area contributed by atoms with Gasteiger partial charge in [0.05, 0.1) is 0 Å². The molecule has 0 aromatic heterocycles. The van der Waals surface area contributed by atoms with Gasteiger partial charge in [-0.25, -0.2) is 0 Å². The maximum absolute atomic E-state index is 9.00. The van der Waals surface area contributed by atoms with E-state index >= 15 is 0 Å². The largest absolute Gasteiger partial charge is 0.520 e. The van der Waals surface area contributed by atoms with Gasteiger partial charge < -0.3 is 14.6 Å². The number of rotatable bonds is 4. The van der Waals surface area contributed by atoms with Gasteiger partial charge in [0.15, 0.2) is 0 Å². The number of carbonyl (C=O) groups is 1. The van der Waals surface area contributed by atoms with Gasteiger partial charge in [-0.15, -0.1) is 6.92 Å². The average Bonchev–Trinajstić information content (AvgIpc) is 1.79. The average molecular weight is 253 g/mol. The van der Waals surface area contributed by atoms with Crippen molar-refractivity contribution in [2.45, 2.75) is 53.8 Å². The van der Waals surface area contributed by atoms with E-state index in [0.29, 0.717) is 6.29 Å². The fraction of sp³-hybridized carbons (Fsp3) is 0.800. The molecular formula is C10H21O4Ti-. The maximum atomic E-state index is 9.00. The van der Waals surface area contributed by atoms with E-state index in [-0.39, 0.29) is 33.9 Å². The molecule has 0 aromatic rings. The van der Waals surface area contributed by atoms with Crippen LogP contribution in [0.15, 0.2) is 0 Å². The Bertz CT molecular complexity index is 134. The van der Waals surface area contributed by atoms with Crippen molar-refractivity contribution in [1.82, 2.24) is 0 Å². The van der Waals surface area contributed by atoms with Gasteiger partial charge in [-0.05, 0) is 27.7 Å². The first-order valence-electron chi connectivity index (χ1n) is 4.62. The van der Waals surface area contributed by atoms with Crippen LogP contribution in [0, 0.1) is 6.29 Å². The van der Waals surface area contributed by atoms with E-state index in [9.17, 15) is 0 Å². The predicted molar refractivity (Wildman–Crippen MR) is 54.7 cm³/mol. The van der Waals surface area contributed by atoms with Crippen LogP contribution in [0.1, 0.15) is 41.5 Å². The minimum absolute atomic E-state index is 0. The molecule has 0 saturated carbocycles. The summed E-state index contributed by atoms with van der Waals surface area (Å²) in [6, 6.07) is 0. The maximum Gasteiger partial charge on any atom is 0.300 e. The molecule has 0 aliphatic heterocycles. The van der Waals surface area contributed by atoms with Crippen molar-refractivity contribution in [3.8, 4) is 0 Å². The van der Waals surface area contributed by atoms with Crippen LogP contribution in [-0.4, -0.2) is 23.3 Å². The molecular weight excluding hydrogens is 232 g/mol. The third kappa shape index (κ3) is 31.5. The summed E-state index contributed by atoms with van der Waals surface area (Å²) < 4.78 is 10.5. The second-order valence-electron chi connectivity index (χ2n) is 3.34. The molecule has 0 atom stereocenters. The van der Waals surface area contributed by atoms with Gasteiger partial charge in [0, 0.05) is 40.8 Å². The molecule has 0 bridgehead atoms. The minimum Gasteiger partial charge on any atom is -0.520 e. The van der Waals surface area contributed by atoms with Crippen molar-refractivity contribution >= 4 is 5.97 Å². The van der Waals surface area contributed by atoms with Crippen LogP contribution in [0.5, 0.6) is 0 Å². The van der Waals surface area contributed by atoms with Gasteiger partial charge in [-0.3, -0.25) is 4.79 Å². The van der Waals surface area contributed by atoms with Crippen molar-refractivity contribution in [2.24, 2.45) is 0 Å². The minimum atomic E-state index is -0.833. The molecule has 90 valence electrons. The van der Waals surface area contributed by atoms with Crippen molar-refractivity contribution in [3.05, 3.63) is 6.29 Å². The number of aliphatic carboxylic acids is 1. The zero-order valence-corrected chi connectivity index (χ0v) is 11.9. The van der Waals surface area contributed by atoms with Gasteiger partial charge in [-0.1, -0.05) is 6.29 Å². The van der Waals surface area contributed by atoms with E-state index in [1.54, 1.807) is 0 Å². The number of carboxylic acids is 1. The Kier molecular flexibility index (Phi) is 16.6. The zero-order chi connectivity index (χ0) is 11.7. The third-order valence-corrected chi connectivity index (χ3v) is 0.803. The summed E-state index contributed by atoms with van der Waals surface area (Å²) in [6.07, 6.45) is 1.07. The van der Waals surface area contributed by atoms with Crippen LogP contribution in [0.25, 0.3) is 0 Å². The molecule has 15 heavy (non-hydrogen) atoms. The smallest absolute Gasteiger partial charge is 0.300 e. The second kappa shape index (κ2) is 12.2. The van der Waals surface area contributed by atoms with E-state index in [0.717, 1.165) is 6.92 Å². The molecule has 0 unspecified atom stereocenters. The summed E-state index contributed by atoms with van der Waals surface area (Å²) >= 11 is 0. The molecule has 0 aliphatic carbocycles. The topological polar surface area (TPSA) is 55.8 Å². The Morgan fingerprint density at radius 3 is 1.47 bits per heavy atom. The van der Waals surface area contributed by atoms with Crippen molar-refractivity contribution in [3.63, 3.8) is 0 Å².